The molecular weight excluding hydrogens is 504 g/mol. The molecule has 12 nitrogen and oxygen atoms in total. The molecule has 0 radical (unpaired) electrons. The van der Waals surface area contributed by atoms with Crippen molar-refractivity contribution < 1.29 is 52.0 Å². The van der Waals surface area contributed by atoms with Gasteiger partial charge in [0.05, 0.1) is 5.39 Å². The van der Waals surface area contributed by atoms with Crippen LogP contribution < -0.4 is 10.4 Å². The van der Waals surface area contributed by atoms with Crippen LogP contribution in [0.1, 0.15) is 44.4 Å². The van der Waals surface area contributed by atoms with E-state index in [0.717, 1.165) is 20.8 Å². The lowest BCUT2D eigenvalue weighted by molar-refractivity contribution is -0.288. The van der Waals surface area contributed by atoms with Crippen molar-refractivity contribution in [3.8, 4) is 5.75 Å². The van der Waals surface area contributed by atoms with Crippen LogP contribution in [0.25, 0.3) is 11.0 Å². The maximum Gasteiger partial charge on any atom is 0.339 e. The summed E-state index contributed by atoms with van der Waals surface area (Å²) < 4.78 is 39.0. The molecule has 38 heavy (non-hydrogen) atoms. The Balaban J connectivity index is 2.15. The minimum atomic E-state index is -1.42. The van der Waals surface area contributed by atoms with Crippen molar-refractivity contribution in [2.45, 2.75) is 79.2 Å². The molecule has 1 aromatic carbocycles. The number of aryl methyl sites for hydroxylation is 2. The zero-order valence-electron chi connectivity index (χ0n) is 22.1. The number of hydrogen-bond acceptors (Lipinski definition) is 12. The van der Waals surface area contributed by atoms with Gasteiger partial charge in [0, 0.05) is 33.3 Å². The number of benzene rings is 1. The second kappa shape index (κ2) is 11.6. The zero-order chi connectivity index (χ0) is 28.3. The number of carbonyl (C=O) groups excluding carboxylic acids is 4. The SMILES string of the molecule is CC(=O)OC[C@H]1O[C@@H](Oc2cc(C)cc3oc(=O)c(C)c(C)c23)[C@H](OC(C)=O)[C@@H](OC(C)=O)[C@@H]1OC(C)=O. The Hall–Kier alpha value is -3.93. The molecule has 1 aliphatic rings. The van der Waals surface area contributed by atoms with E-state index in [0.29, 0.717) is 22.1 Å². The first-order valence-electron chi connectivity index (χ1n) is 11.8. The van der Waals surface area contributed by atoms with Crippen LogP contribution >= 0.6 is 0 Å². The highest BCUT2D eigenvalue weighted by Crippen LogP contribution is 2.35. The van der Waals surface area contributed by atoms with Crippen LogP contribution in [0.2, 0.25) is 0 Å². The fraction of sp³-hybridized carbons (Fsp3) is 0.500. The first-order valence-corrected chi connectivity index (χ1v) is 11.8. The number of hydrogen-bond donors (Lipinski definition) is 0. The average molecular weight is 535 g/mol. The second-order valence-corrected chi connectivity index (χ2v) is 8.96. The van der Waals surface area contributed by atoms with Crippen molar-refractivity contribution >= 4 is 34.8 Å². The molecule has 3 rings (SSSR count). The fourth-order valence-electron chi connectivity index (χ4n) is 4.19. The summed E-state index contributed by atoms with van der Waals surface area (Å²) in [6.07, 6.45) is -6.68. The maximum atomic E-state index is 12.3. The van der Waals surface area contributed by atoms with E-state index in [4.69, 9.17) is 32.8 Å². The summed E-state index contributed by atoms with van der Waals surface area (Å²) in [6.45, 7) is 9.29. The monoisotopic (exact) mass is 534 g/mol. The van der Waals surface area contributed by atoms with Gasteiger partial charge in [0.1, 0.15) is 24.0 Å². The third-order valence-electron chi connectivity index (χ3n) is 5.85. The Morgan fingerprint density at radius 3 is 1.95 bits per heavy atom. The van der Waals surface area contributed by atoms with Crippen molar-refractivity contribution in [1.29, 1.82) is 0 Å². The van der Waals surface area contributed by atoms with E-state index in [2.05, 4.69) is 0 Å². The quantitative estimate of drug-likeness (QED) is 0.290. The van der Waals surface area contributed by atoms with Crippen molar-refractivity contribution in [2.75, 3.05) is 6.61 Å². The molecule has 0 aliphatic carbocycles. The molecule has 0 unspecified atom stereocenters. The van der Waals surface area contributed by atoms with Crippen LogP contribution in [0.4, 0.5) is 0 Å². The molecule has 5 atom stereocenters. The lowest BCUT2D eigenvalue weighted by atomic mass is 9.98. The Labute approximate surface area is 218 Å². The van der Waals surface area contributed by atoms with Crippen molar-refractivity contribution in [1.82, 2.24) is 0 Å². The predicted octanol–water partition coefficient (Wildman–Crippen LogP) is 2.18. The van der Waals surface area contributed by atoms with E-state index in [1.54, 1.807) is 32.9 Å². The molecule has 2 heterocycles. The van der Waals surface area contributed by atoms with Gasteiger partial charge >= 0.3 is 29.5 Å². The molecule has 0 saturated carbocycles. The zero-order valence-corrected chi connectivity index (χ0v) is 22.1. The molecule has 0 N–H and O–H groups in total. The molecule has 1 aromatic heterocycles. The van der Waals surface area contributed by atoms with Gasteiger partial charge in [-0.1, -0.05) is 0 Å². The first-order chi connectivity index (χ1) is 17.8. The maximum absolute atomic E-state index is 12.3. The third-order valence-corrected chi connectivity index (χ3v) is 5.85. The Bertz CT molecular complexity index is 1310. The number of ether oxygens (including phenoxy) is 6. The minimum absolute atomic E-state index is 0.227. The second-order valence-electron chi connectivity index (χ2n) is 8.96. The number of fused-ring (bicyclic) bond motifs is 1. The fourth-order valence-corrected chi connectivity index (χ4v) is 4.19. The van der Waals surface area contributed by atoms with Crippen LogP contribution in [0, 0.1) is 20.8 Å². The summed E-state index contributed by atoms with van der Waals surface area (Å²) in [5, 5.41) is 0.473. The van der Waals surface area contributed by atoms with E-state index in [1.165, 1.54) is 6.92 Å². The standard InChI is InChI=1S/C26H30O12/c1-11-8-18-21(12(2)13(3)25(31)36-18)19(9-11)37-26-24(35-17(7)30)23(34-16(6)29)22(33-15(5)28)20(38-26)10-32-14(4)27/h8-9,20,22-24,26H,10H2,1-7H3/t20-,22-,23+,24-,26-/m1/s1. The Morgan fingerprint density at radius 1 is 0.789 bits per heavy atom. The molecule has 1 fully saturated rings. The summed E-state index contributed by atoms with van der Waals surface area (Å²) in [4.78, 5) is 59.8. The largest absolute Gasteiger partial charge is 0.463 e. The van der Waals surface area contributed by atoms with Crippen molar-refractivity contribution in [2.24, 2.45) is 0 Å². The molecule has 1 aliphatic heterocycles. The van der Waals surface area contributed by atoms with E-state index in [9.17, 15) is 24.0 Å². The van der Waals surface area contributed by atoms with E-state index < -0.39 is 60.2 Å². The van der Waals surface area contributed by atoms with Gasteiger partial charge in [-0.2, -0.15) is 0 Å². The Kier molecular flexibility index (Phi) is 8.77. The molecule has 0 amide bonds. The molecule has 12 heteroatoms. The lowest BCUT2D eigenvalue weighted by Crippen LogP contribution is -2.63. The van der Waals surface area contributed by atoms with Gasteiger partial charge in [-0.05, 0) is 44.0 Å². The minimum Gasteiger partial charge on any atom is -0.463 e. The van der Waals surface area contributed by atoms with Gasteiger partial charge in [0.2, 0.25) is 12.4 Å². The average Bonchev–Trinajstić information content (AvgIpc) is 2.78. The van der Waals surface area contributed by atoms with Crippen LogP contribution in [-0.2, 0) is 42.9 Å². The van der Waals surface area contributed by atoms with Crippen molar-refractivity contribution in [3.05, 3.63) is 39.2 Å². The van der Waals surface area contributed by atoms with E-state index >= 15 is 0 Å². The van der Waals surface area contributed by atoms with Gasteiger partial charge in [-0.15, -0.1) is 0 Å². The molecule has 0 bridgehead atoms. The number of esters is 4. The third kappa shape index (κ3) is 6.49. The predicted molar refractivity (Wildman–Crippen MR) is 129 cm³/mol. The molecule has 0 spiro atoms. The van der Waals surface area contributed by atoms with Crippen molar-refractivity contribution in [3.63, 3.8) is 0 Å². The highest BCUT2D eigenvalue weighted by molar-refractivity contribution is 5.88. The topological polar surface area (TPSA) is 154 Å². The molecular formula is C26H30O12. The van der Waals surface area contributed by atoms with Crippen LogP contribution in [0.5, 0.6) is 5.75 Å². The highest BCUT2D eigenvalue weighted by atomic mass is 16.7. The lowest BCUT2D eigenvalue weighted by Gasteiger charge is -2.44. The van der Waals surface area contributed by atoms with Gasteiger partial charge in [0.15, 0.2) is 12.2 Å². The normalized spacial score (nSPS) is 22.9. The summed E-state index contributed by atoms with van der Waals surface area (Å²) in [7, 11) is 0. The van der Waals surface area contributed by atoms with E-state index in [1.807, 2.05) is 0 Å². The molecule has 206 valence electrons. The van der Waals surface area contributed by atoms with Gasteiger partial charge in [-0.25, -0.2) is 4.79 Å². The number of carbonyl (C=O) groups is 4. The van der Waals surface area contributed by atoms with Gasteiger partial charge < -0.3 is 32.8 Å². The van der Waals surface area contributed by atoms with E-state index in [-0.39, 0.29) is 17.9 Å². The van der Waals surface area contributed by atoms with Gasteiger partial charge in [-0.3, -0.25) is 19.2 Å². The first kappa shape index (κ1) is 28.6. The number of rotatable bonds is 7. The van der Waals surface area contributed by atoms with Crippen LogP contribution in [0.15, 0.2) is 21.3 Å². The molecule has 2 aromatic rings. The smallest absolute Gasteiger partial charge is 0.339 e. The highest BCUT2D eigenvalue weighted by Gasteiger charge is 2.53. The Morgan fingerprint density at radius 2 is 1.37 bits per heavy atom. The van der Waals surface area contributed by atoms with Gasteiger partial charge in [0.25, 0.3) is 0 Å². The summed E-state index contributed by atoms with van der Waals surface area (Å²) in [5.74, 6) is -2.66. The summed E-state index contributed by atoms with van der Waals surface area (Å²) in [5.41, 5.74) is 1.41. The molecule has 1 saturated heterocycles. The van der Waals surface area contributed by atoms with Crippen LogP contribution in [-0.4, -0.2) is 61.2 Å². The summed E-state index contributed by atoms with van der Waals surface area (Å²) in [6, 6.07) is 3.34. The van der Waals surface area contributed by atoms with Crippen LogP contribution in [0.3, 0.4) is 0 Å². The summed E-state index contributed by atoms with van der Waals surface area (Å²) >= 11 is 0.